The molecule has 0 spiro atoms. The standard InChI is InChI=1S/C20H20N2O3S.BrH/c1-13-19(16-6-4-3-5-7-16)26-20(21)22(13)12-18(24)15-8-10-17(11-9-15)25-14(2)23;/h3-11,13,19,21H,12H2,1-2H3;1H. The number of nitrogens with zero attached hydrogens (tertiary/aromatic N) is 1. The summed E-state index contributed by atoms with van der Waals surface area (Å²) in [6.45, 7) is 3.53. The highest BCUT2D eigenvalue weighted by atomic mass is 79.9. The molecule has 0 bridgehead atoms. The third kappa shape index (κ3) is 4.99. The van der Waals surface area contributed by atoms with Crippen LogP contribution in [-0.4, -0.2) is 34.4 Å². The molecule has 1 heterocycles. The Labute approximate surface area is 173 Å². The SMILES string of the molecule is Br.CC(=O)Oc1ccc(C(=O)CN2C(=N)SC(c3ccccc3)C2C)cc1. The maximum Gasteiger partial charge on any atom is 0.308 e. The van der Waals surface area contributed by atoms with Gasteiger partial charge in [-0.05, 0) is 36.8 Å². The Hall–Kier alpha value is -2.12. The molecular formula is C20H21BrN2O3S. The average molecular weight is 449 g/mol. The number of benzene rings is 2. The monoisotopic (exact) mass is 448 g/mol. The van der Waals surface area contributed by atoms with Gasteiger partial charge in [0.05, 0.1) is 11.8 Å². The first-order chi connectivity index (χ1) is 12.5. The van der Waals surface area contributed by atoms with Crippen LogP contribution in [0.4, 0.5) is 0 Å². The number of halogens is 1. The predicted octanol–water partition coefficient (Wildman–Crippen LogP) is 4.49. The molecule has 0 radical (unpaired) electrons. The smallest absolute Gasteiger partial charge is 0.308 e. The van der Waals surface area contributed by atoms with E-state index in [1.165, 1.54) is 18.7 Å². The summed E-state index contributed by atoms with van der Waals surface area (Å²) in [7, 11) is 0. The number of thioether (sulfide) groups is 1. The van der Waals surface area contributed by atoms with Crippen LogP contribution in [-0.2, 0) is 4.79 Å². The van der Waals surface area contributed by atoms with E-state index in [4.69, 9.17) is 10.1 Å². The van der Waals surface area contributed by atoms with E-state index < -0.39 is 5.97 Å². The fourth-order valence-corrected chi connectivity index (χ4v) is 4.20. The molecule has 2 aromatic carbocycles. The van der Waals surface area contributed by atoms with Crippen molar-refractivity contribution in [3.05, 3.63) is 65.7 Å². The van der Waals surface area contributed by atoms with E-state index >= 15 is 0 Å². The van der Waals surface area contributed by atoms with Crippen LogP contribution in [0.1, 0.15) is 35.0 Å². The molecule has 3 rings (SSSR count). The summed E-state index contributed by atoms with van der Waals surface area (Å²) in [4.78, 5) is 25.4. The molecular weight excluding hydrogens is 428 g/mol. The number of ketones is 1. The topological polar surface area (TPSA) is 70.5 Å². The molecule has 27 heavy (non-hydrogen) atoms. The van der Waals surface area contributed by atoms with Crippen LogP contribution < -0.4 is 4.74 Å². The zero-order chi connectivity index (χ0) is 18.7. The van der Waals surface area contributed by atoms with Crippen LogP contribution in [0.2, 0.25) is 0 Å². The highest BCUT2D eigenvalue weighted by molar-refractivity contribution is 8.93. The quantitative estimate of drug-likeness (QED) is 0.414. The summed E-state index contributed by atoms with van der Waals surface area (Å²) in [5.41, 5.74) is 1.70. The molecule has 0 aromatic heterocycles. The zero-order valence-corrected chi connectivity index (χ0v) is 17.6. The fourth-order valence-electron chi connectivity index (χ4n) is 2.96. The molecule has 2 aromatic rings. The number of Topliss-reactive ketones (excluding diaryl/α,β-unsaturated/α-hetero) is 1. The number of nitrogens with one attached hydrogen (secondary N) is 1. The van der Waals surface area contributed by atoms with Gasteiger partial charge in [-0.1, -0.05) is 42.1 Å². The van der Waals surface area contributed by atoms with Gasteiger partial charge in [0.15, 0.2) is 11.0 Å². The van der Waals surface area contributed by atoms with E-state index in [9.17, 15) is 9.59 Å². The Bertz CT molecular complexity index is 827. The lowest BCUT2D eigenvalue weighted by molar-refractivity contribution is -0.131. The van der Waals surface area contributed by atoms with Gasteiger partial charge in [-0.25, -0.2) is 0 Å². The van der Waals surface area contributed by atoms with E-state index in [1.807, 2.05) is 30.0 Å². The van der Waals surface area contributed by atoms with Crippen molar-refractivity contribution in [2.45, 2.75) is 25.1 Å². The molecule has 0 saturated carbocycles. The van der Waals surface area contributed by atoms with Gasteiger partial charge in [0.25, 0.3) is 0 Å². The summed E-state index contributed by atoms with van der Waals surface area (Å²) < 4.78 is 4.98. The van der Waals surface area contributed by atoms with E-state index in [0.717, 1.165) is 5.56 Å². The second kappa shape index (κ2) is 9.19. The third-order valence-electron chi connectivity index (χ3n) is 4.31. The van der Waals surface area contributed by atoms with E-state index in [-0.39, 0.29) is 40.6 Å². The molecule has 2 atom stereocenters. The average Bonchev–Trinajstić information content (AvgIpc) is 2.91. The van der Waals surface area contributed by atoms with Crippen molar-refractivity contribution in [2.24, 2.45) is 0 Å². The molecule has 1 aliphatic rings. The van der Waals surface area contributed by atoms with E-state index in [1.54, 1.807) is 24.3 Å². The van der Waals surface area contributed by atoms with Crippen LogP contribution in [0.25, 0.3) is 0 Å². The Balaban J connectivity index is 0.00000261. The van der Waals surface area contributed by atoms with E-state index in [0.29, 0.717) is 16.5 Å². The van der Waals surface area contributed by atoms with Gasteiger partial charge in [0.2, 0.25) is 0 Å². The van der Waals surface area contributed by atoms with Crippen LogP contribution >= 0.6 is 28.7 Å². The number of rotatable bonds is 5. The van der Waals surface area contributed by atoms with Crippen LogP contribution in [0, 0.1) is 5.41 Å². The number of ether oxygens (including phenoxy) is 1. The first-order valence-corrected chi connectivity index (χ1v) is 9.22. The van der Waals surface area contributed by atoms with E-state index in [2.05, 4.69) is 12.1 Å². The van der Waals surface area contributed by atoms with Crippen molar-refractivity contribution in [2.75, 3.05) is 6.54 Å². The van der Waals surface area contributed by atoms with Crippen LogP contribution in [0.5, 0.6) is 5.75 Å². The molecule has 7 heteroatoms. The van der Waals surface area contributed by atoms with Crippen LogP contribution in [0.3, 0.4) is 0 Å². The second-order valence-corrected chi connectivity index (χ2v) is 7.29. The van der Waals surface area contributed by atoms with Gasteiger partial charge in [-0.2, -0.15) is 0 Å². The fraction of sp³-hybridized carbons (Fsp3) is 0.250. The first-order valence-electron chi connectivity index (χ1n) is 8.34. The highest BCUT2D eigenvalue weighted by Crippen LogP contribution is 2.42. The largest absolute Gasteiger partial charge is 0.427 e. The number of hydrogen-bond acceptors (Lipinski definition) is 5. The molecule has 2 unspecified atom stereocenters. The minimum absolute atomic E-state index is 0. The maximum absolute atomic E-state index is 12.6. The van der Waals surface area contributed by atoms with Gasteiger partial charge < -0.3 is 9.64 Å². The summed E-state index contributed by atoms with van der Waals surface area (Å²) in [5.74, 6) is -0.0475. The first kappa shape index (κ1) is 21.2. The van der Waals surface area contributed by atoms with Gasteiger partial charge in [-0.15, -0.1) is 17.0 Å². The van der Waals surface area contributed by atoms with Gasteiger partial charge in [0.1, 0.15) is 5.75 Å². The van der Waals surface area contributed by atoms with Gasteiger partial charge in [-0.3, -0.25) is 15.0 Å². The number of carbonyl (C=O) groups is 2. The van der Waals surface area contributed by atoms with Crippen molar-refractivity contribution in [1.82, 2.24) is 4.90 Å². The molecule has 1 N–H and O–H groups in total. The lowest BCUT2D eigenvalue weighted by atomic mass is 10.0. The number of amidine groups is 1. The maximum atomic E-state index is 12.6. The molecule has 5 nitrogen and oxygen atoms in total. The molecule has 1 fully saturated rings. The van der Waals surface area contributed by atoms with Crippen molar-refractivity contribution in [3.63, 3.8) is 0 Å². The Morgan fingerprint density at radius 3 is 2.33 bits per heavy atom. The zero-order valence-electron chi connectivity index (χ0n) is 15.0. The molecule has 1 saturated heterocycles. The Morgan fingerprint density at radius 1 is 1.11 bits per heavy atom. The lowest BCUT2D eigenvalue weighted by Crippen LogP contribution is -2.36. The van der Waals surface area contributed by atoms with Crippen molar-refractivity contribution >= 4 is 45.7 Å². The second-order valence-electron chi connectivity index (χ2n) is 6.16. The third-order valence-corrected chi connectivity index (χ3v) is 5.69. The minimum Gasteiger partial charge on any atom is -0.427 e. The lowest BCUT2D eigenvalue weighted by Gasteiger charge is -2.24. The van der Waals surface area contributed by atoms with Crippen molar-refractivity contribution in [1.29, 1.82) is 5.41 Å². The van der Waals surface area contributed by atoms with Gasteiger partial charge in [0, 0.05) is 18.5 Å². The van der Waals surface area contributed by atoms with Crippen molar-refractivity contribution in [3.8, 4) is 5.75 Å². The Morgan fingerprint density at radius 2 is 1.74 bits per heavy atom. The normalized spacial score (nSPS) is 18.7. The molecule has 0 aliphatic carbocycles. The van der Waals surface area contributed by atoms with Crippen molar-refractivity contribution < 1.29 is 14.3 Å². The summed E-state index contributed by atoms with van der Waals surface area (Å²) in [5, 5.41) is 8.82. The van der Waals surface area contributed by atoms with Crippen LogP contribution in [0.15, 0.2) is 54.6 Å². The summed E-state index contributed by atoms with van der Waals surface area (Å²) in [6.07, 6.45) is 0. The predicted molar refractivity (Wildman–Crippen MR) is 113 cm³/mol. The molecule has 142 valence electrons. The Kier molecular flexibility index (Phi) is 7.21. The molecule has 0 amide bonds. The van der Waals surface area contributed by atoms with Gasteiger partial charge >= 0.3 is 5.97 Å². The summed E-state index contributed by atoms with van der Waals surface area (Å²) in [6, 6.07) is 16.6. The number of carbonyl (C=O) groups excluding carboxylic acids is 2. The number of hydrogen-bond donors (Lipinski definition) is 1. The summed E-state index contributed by atoms with van der Waals surface area (Å²) >= 11 is 1.48. The minimum atomic E-state index is -0.396. The number of esters is 1. The highest BCUT2D eigenvalue weighted by Gasteiger charge is 2.37. The molecule has 1 aliphatic heterocycles.